The Balaban J connectivity index is 0.000000227. The minimum absolute atomic E-state index is 0. The van der Waals surface area contributed by atoms with E-state index in [0.717, 1.165) is 0 Å². The molecular formula is C30H34NiP2+2. The Labute approximate surface area is 213 Å². The average molecular weight is 515 g/mol. The predicted octanol–water partition coefficient (Wildman–Crippen LogP) is 7.06. The van der Waals surface area contributed by atoms with Crippen molar-refractivity contribution in [2.45, 2.75) is 26.7 Å². The standard InChI is InChI=1S/2C15H17P.Ni/c2*1-2-13-16(14-9-5-3-6-10-14)15-11-7-4-8-12-15;/h2*3-12H,2,13H2,1H3;/q;;+2. The van der Waals surface area contributed by atoms with Crippen LogP contribution in [-0.2, 0) is 16.5 Å². The molecule has 0 atom stereocenters. The third kappa shape index (κ3) is 8.83. The summed E-state index contributed by atoms with van der Waals surface area (Å²) in [6, 6.07) is 43.6. The van der Waals surface area contributed by atoms with Gasteiger partial charge in [-0.25, -0.2) is 0 Å². The SMILES string of the molecule is CCCP(c1ccccc1)c1ccccc1.CCCP(c1ccccc1)c1ccccc1.[Ni+2]. The van der Waals surface area contributed by atoms with Crippen LogP contribution in [0.4, 0.5) is 0 Å². The molecule has 0 nitrogen and oxygen atoms in total. The molecule has 172 valence electrons. The Bertz CT molecular complexity index is 828. The normalized spacial score (nSPS) is 10.3. The fourth-order valence-electron chi connectivity index (χ4n) is 3.69. The van der Waals surface area contributed by atoms with Crippen molar-refractivity contribution in [2.75, 3.05) is 12.3 Å². The van der Waals surface area contributed by atoms with Crippen molar-refractivity contribution in [3.63, 3.8) is 0 Å². The van der Waals surface area contributed by atoms with Gasteiger partial charge in [-0.1, -0.05) is 148 Å². The summed E-state index contributed by atoms with van der Waals surface area (Å²) in [5.74, 6) is 0. The molecule has 0 amide bonds. The Morgan fingerprint density at radius 2 is 0.606 bits per heavy atom. The van der Waals surface area contributed by atoms with E-state index in [2.05, 4.69) is 135 Å². The van der Waals surface area contributed by atoms with Gasteiger partial charge in [0.25, 0.3) is 0 Å². The Hall–Kier alpha value is -1.77. The first-order valence-electron chi connectivity index (χ1n) is 11.6. The van der Waals surface area contributed by atoms with E-state index in [0.29, 0.717) is 0 Å². The van der Waals surface area contributed by atoms with Gasteiger partial charge in [0.15, 0.2) is 0 Å². The van der Waals surface area contributed by atoms with Crippen LogP contribution in [0.15, 0.2) is 121 Å². The van der Waals surface area contributed by atoms with Gasteiger partial charge in [-0.05, 0) is 49.4 Å². The molecule has 0 saturated heterocycles. The second-order valence-electron chi connectivity index (χ2n) is 7.65. The van der Waals surface area contributed by atoms with Gasteiger partial charge in [-0.15, -0.1) is 0 Å². The first-order valence-corrected chi connectivity index (χ1v) is 14.6. The summed E-state index contributed by atoms with van der Waals surface area (Å²) < 4.78 is 0. The summed E-state index contributed by atoms with van der Waals surface area (Å²) >= 11 is 0. The predicted molar refractivity (Wildman–Crippen MR) is 148 cm³/mol. The Kier molecular flexibility index (Phi) is 13.3. The van der Waals surface area contributed by atoms with Gasteiger partial charge < -0.3 is 0 Å². The zero-order valence-corrected chi connectivity index (χ0v) is 22.4. The van der Waals surface area contributed by atoms with Gasteiger partial charge in [0.2, 0.25) is 0 Å². The molecule has 0 aliphatic heterocycles. The molecule has 4 aromatic carbocycles. The molecule has 3 heteroatoms. The van der Waals surface area contributed by atoms with E-state index in [-0.39, 0.29) is 32.3 Å². The minimum atomic E-state index is -0.151. The molecule has 0 radical (unpaired) electrons. The van der Waals surface area contributed by atoms with Gasteiger partial charge in [0, 0.05) is 0 Å². The first-order chi connectivity index (χ1) is 15.8. The monoisotopic (exact) mass is 514 g/mol. The summed E-state index contributed by atoms with van der Waals surface area (Å²) in [4.78, 5) is 0. The van der Waals surface area contributed by atoms with Crippen LogP contribution >= 0.6 is 15.8 Å². The average Bonchev–Trinajstić information content (AvgIpc) is 2.88. The van der Waals surface area contributed by atoms with Crippen LogP contribution in [0.1, 0.15) is 26.7 Å². The molecule has 0 unspecified atom stereocenters. The van der Waals surface area contributed by atoms with E-state index in [4.69, 9.17) is 0 Å². The maximum absolute atomic E-state index is 2.27. The van der Waals surface area contributed by atoms with Gasteiger partial charge in [0.05, 0.1) is 0 Å². The Morgan fingerprint density at radius 1 is 0.394 bits per heavy atom. The van der Waals surface area contributed by atoms with Crippen LogP contribution in [0.2, 0.25) is 0 Å². The summed E-state index contributed by atoms with van der Waals surface area (Å²) in [6.45, 7) is 4.53. The molecular weight excluding hydrogens is 481 g/mol. The number of benzene rings is 4. The topological polar surface area (TPSA) is 0 Å². The second-order valence-corrected chi connectivity index (χ2v) is 12.3. The van der Waals surface area contributed by atoms with E-state index in [1.165, 1.54) is 46.4 Å². The molecule has 33 heavy (non-hydrogen) atoms. The maximum Gasteiger partial charge on any atom is 2.00 e. The van der Waals surface area contributed by atoms with E-state index in [1.807, 2.05) is 0 Å². The van der Waals surface area contributed by atoms with Crippen LogP contribution in [0.25, 0.3) is 0 Å². The molecule has 0 fully saturated rings. The van der Waals surface area contributed by atoms with E-state index in [1.54, 1.807) is 0 Å². The van der Waals surface area contributed by atoms with Gasteiger partial charge in [-0.2, -0.15) is 0 Å². The number of rotatable bonds is 8. The van der Waals surface area contributed by atoms with Crippen LogP contribution in [0.5, 0.6) is 0 Å². The van der Waals surface area contributed by atoms with Crippen molar-refractivity contribution in [3.05, 3.63) is 121 Å². The van der Waals surface area contributed by atoms with Crippen molar-refractivity contribution in [2.24, 2.45) is 0 Å². The largest absolute Gasteiger partial charge is 2.00 e. The molecule has 4 aromatic rings. The number of hydrogen-bond acceptors (Lipinski definition) is 0. The molecule has 0 aromatic heterocycles. The van der Waals surface area contributed by atoms with Crippen LogP contribution in [0.3, 0.4) is 0 Å². The second kappa shape index (κ2) is 16.0. The third-order valence-corrected chi connectivity index (χ3v) is 10.6. The molecule has 0 heterocycles. The van der Waals surface area contributed by atoms with Gasteiger partial charge in [0.1, 0.15) is 0 Å². The molecule has 0 spiro atoms. The Morgan fingerprint density at radius 3 is 0.788 bits per heavy atom. The van der Waals surface area contributed by atoms with Crippen LogP contribution in [0, 0.1) is 0 Å². The fourth-order valence-corrected chi connectivity index (χ4v) is 8.35. The van der Waals surface area contributed by atoms with Crippen molar-refractivity contribution < 1.29 is 16.5 Å². The smallest absolute Gasteiger partial charge is 0.0650 e. The van der Waals surface area contributed by atoms with Crippen LogP contribution in [-0.4, -0.2) is 12.3 Å². The molecule has 0 aliphatic rings. The molecule has 0 bridgehead atoms. The quantitative estimate of drug-likeness (QED) is 0.174. The summed E-state index contributed by atoms with van der Waals surface area (Å²) in [7, 11) is -0.302. The van der Waals surface area contributed by atoms with E-state index in [9.17, 15) is 0 Å². The van der Waals surface area contributed by atoms with Gasteiger partial charge in [-0.3, -0.25) is 0 Å². The van der Waals surface area contributed by atoms with Crippen molar-refractivity contribution >= 4 is 37.1 Å². The fraction of sp³-hybridized carbons (Fsp3) is 0.200. The molecule has 0 saturated carbocycles. The first kappa shape index (κ1) is 27.5. The molecule has 0 N–H and O–H groups in total. The van der Waals surface area contributed by atoms with Crippen molar-refractivity contribution in [1.29, 1.82) is 0 Å². The van der Waals surface area contributed by atoms with Crippen molar-refractivity contribution in [1.82, 2.24) is 0 Å². The van der Waals surface area contributed by atoms with Gasteiger partial charge >= 0.3 is 16.5 Å². The zero-order valence-electron chi connectivity index (χ0n) is 19.6. The van der Waals surface area contributed by atoms with Crippen molar-refractivity contribution in [3.8, 4) is 0 Å². The summed E-state index contributed by atoms with van der Waals surface area (Å²) in [6.07, 6.45) is 5.05. The molecule has 4 rings (SSSR count). The zero-order chi connectivity index (χ0) is 22.4. The van der Waals surface area contributed by atoms with E-state index < -0.39 is 0 Å². The third-order valence-electron chi connectivity index (χ3n) is 5.17. The molecule has 0 aliphatic carbocycles. The number of hydrogen-bond donors (Lipinski definition) is 0. The summed E-state index contributed by atoms with van der Waals surface area (Å²) in [5, 5.41) is 5.97. The minimum Gasteiger partial charge on any atom is -0.0650 e. The van der Waals surface area contributed by atoms with E-state index >= 15 is 0 Å². The summed E-state index contributed by atoms with van der Waals surface area (Å²) in [5.41, 5.74) is 0. The maximum atomic E-state index is 2.27. The van der Waals surface area contributed by atoms with Crippen LogP contribution < -0.4 is 21.2 Å².